The lowest BCUT2D eigenvalue weighted by Gasteiger charge is -2.41. The molecule has 2 aromatic rings. The summed E-state index contributed by atoms with van der Waals surface area (Å²) in [5.41, 5.74) is 2.69. The van der Waals surface area contributed by atoms with Crippen LogP contribution in [0.1, 0.15) is 59.2 Å². The van der Waals surface area contributed by atoms with Crippen molar-refractivity contribution in [3.8, 4) is 0 Å². The van der Waals surface area contributed by atoms with Crippen molar-refractivity contribution < 1.29 is 13.6 Å². The van der Waals surface area contributed by atoms with Crippen LogP contribution in [0.15, 0.2) is 46.8 Å². The number of rotatable bonds is 2. The average Bonchev–Trinajstić information content (AvgIpc) is 2.96. The lowest BCUT2D eigenvalue weighted by Crippen LogP contribution is -2.51. The Bertz CT molecular complexity index is 1060. The highest BCUT2D eigenvalue weighted by Gasteiger charge is 2.52. The highest BCUT2D eigenvalue weighted by molar-refractivity contribution is 8.17. The minimum atomic E-state index is -0.861. The van der Waals surface area contributed by atoms with Gasteiger partial charge in [-0.3, -0.25) is 9.69 Å². The third-order valence-corrected chi connectivity index (χ3v) is 7.34. The molecule has 1 amide bonds. The summed E-state index contributed by atoms with van der Waals surface area (Å²) < 4.78 is 29.2. The summed E-state index contributed by atoms with van der Waals surface area (Å²) in [5, 5.41) is 0.439. The molecule has 2 fully saturated rings. The van der Waals surface area contributed by atoms with E-state index in [4.69, 9.17) is 4.99 Å². The Labute approximate surface area is 186 Å². The molecule has 1 aliphatic carbocycles. The fourth-order valence-corrected chi connectivity index (χ4v) is 6.00. The van der Waals surface area contributed by atoms with Crippen LogP contribution in [0.25, 0.3) is 0 Å². The van der Waals surface area contributed by atoms with Crippen molar-refractivity contribution in [3.63, 3.8) is 0 Å². The number of carbonyl (C=O) groups excluding carboxylic acids is 1. The Hall–Kier alpha value is -2.47. The summed E-state index contributed by atoms with van der Waals surface area (Å²) in [6, 6.07) is 7.59. The quantitative estimate of drug-likeness (QED) is 0.504. The maximum absolute atomic E-state index is 14.6. The number of amidine groups is 1. The molecule has 162 valence electrons. The van der Waals surface area contributed by atoms with E-state index in [2.05, 4.69) is 6.58 Å². The maximum Gasteiger partial charge on any atom is 0.266 e. The lowest BCUT2D eigenvalue weighted by molar-refractivity contribution is 0.0692. The van der Waals surface area contributed by atoms with Gasteiger partial charge in [0.2, 0.25) is 0 Å². The largest absolute Gasteiger partial charge is 0.276 e. The topological polar surface area (TPSA) is 32.7 Å². The van der Waals surface area contributed by atoms with Crippen molar-refractivity contribution in [2.45, 2.75) is 58.4 Å². The second kappa shape index (κ2) is 8.23. The van der Waals surface area contributed by atoms with Gasteiger partial charge in [-0.05, 0) is 56.9 Å². The van der Waals surface area contributed by atoms with Crippen LogP contribution in [-0.2, 0) is 0 Å². The molecule has 0 N–H and O–H groups in total. The van der Waals surface area contributed by atoms with E-state index in [0.29, 0.717) is 18.0 Å². The summed E-state index contributed by atoms with van der Waals surface area (Å²) in [6.45, 7) is 10.2. The number of thioether (sulfide) groups is 1. The third-order valence-electron chi connectivity index (χ3n) is 6.26. The second-order valence-corrected chi connectivity index (χ2v) is 9.56. The molecule has 0 radical (unpaired) electrons. The molecule has 2 aromatic carbocycles. The minimum Gasteiger partial charge on any atom is -0.276 e. The fourth-order valence-electron chi connectivity index (χ4n) is 4.81. The zero-order chi connectivity index (χ0) is 22.3. The third kappa shape index (κ3) is 3.71. The average molecular weight is 441 g/mol. The van der Waals surface area contributed by atoms with E-state index in [1.807, 2.05) is 32.9 Å². The predicted octanol–water partition coefficient (Wildman–Crippen LogP) is 6.98. The van der Waals surface area contributed by atoms with Gasteiger partial charge in [0.1, 0.15) is 17.2 Å². The Morgan fingerprint density at radius 1 is 1.06 bits per heavy atom. The van der Waals surface area contributed by atoms with Crippen LogP contribution in [0.4, 0.5) is 14.5 Å². The molecule has 1 saturated heterocycles. The van der Waals surface area contributed by atoms with Gasteiger partial charge in [-0.2, -0.15) is 0 Å². The van der Waals surface area contributed by atoms with E-state index in [1.165, 1.54) is 22.7 Å². The van der Waals surface area contributed by atoms with E-state index >= 15 is 0 Å². The molecule has 6 heteroatoms. The van der Waals surface area contributed by atoms with E-state index in [-0.39, 0.29) is 0 Å². The van der Waals surface area contributed by atoms with E-state index in [9.17, 15) is 13.6 Å². The molecule has 0 unspecified atom stereocenters. The van der Waals surface area contributed by atoms with Crippen LogP contribution in [-0.4, -0.2) is 21.5 Å². The SMILES string of the molecule is C=C1SC(=Nc2c(C)cc(C)cc2C)N(C(=O)c2c(F)cccc2F)C12CCCCC2. The molecule has 1 aliphatic heterocycles. The highest BCUT2D eigenvalue weighted by atomic mass is 32.2. The number of aliphatic imine (C=N–C) groups is 1. The number of amides is 1. The van der Waals surface area contributed by atoms with Gasteiger partial charge in [0, 0.05) is 4.91 Å². The van der Waals surface area contributed by atoms with Crippen LogP contribution in [0, 0.1) is 32.4 Å². The lowest BCUT2D eigenvalue weighted by atomic mass is 9.80. The van der Waals surface area contributed by atoms with E-state index in [1.54, 1.807) is 0 Å². The van der Waals surface area contributed by atoms with E-state index in [0.717, 1.165) is 58.7 Å². The summed E-state index contributed by atoms with van der Waals surface area (Å²) in [5.74, 6) is -2.41. The number of benzene rings is 2. The summed E-state index contributed by atoms with van der Waals surface area (Å²) in [7, 11) is 0. The van der Waals surface area contributed by atoms with Gasteiger partial charge >= 0.3 is 0 Å². The van der Waals surface area contributed by atoms with Crippen LogP contribution in [0.3, 0.4) is 0 Å². The van der Waals surface area contributed by atoms with Crippen LogP contribution in [0.5, 0.6) is 0 Å². The van der Waals surface area contributed by atoms with Gasteiger partial charge in [0.25, 0.3) is 5.91 Å². The Morgan fingerprint density at radius 2 is 1.65 bits per heavy atom. The summed E-state index contributed by atoms with van der Waals surface area (Å²) >= 11 is 1.35. The molecule has 0 aromatic heterocycles. The van der Waals surface area contributed by atoms with Gasteiger partial charge in [-0.25, -0.2) is 13.8 Å². The molecule has 1 heterocycles. The molecule has 4 rings (SSSR count). The fraction of sp³-hybridized carbons (Fsp3) is 0.360. The molecule has 2 aliphatic rings. The van der Waals surface area contributed by atoms with Crippen molar-refractivity contribution in [2.75, 3.05) is 0 Å². The first-order chi connectivity index (χ1) is 14.7. The first kappa shape index (κ1) is 21.8. The van der Waals surface area contributed by atoms with Crippen molar-refractivity contribution in [1.82, 2.24) is 4.90 Å². The molecule has 0 bridgehead atoms. The van der Waals surface area contributed by atoms with Crippen molar-refractivity contribution in [1.29, 1.82) is 0 Å². The standard InChI is InChI=1S/C25H26F2N2OS/c1-15-13-16(2)22(17(3)14-15)28-24-29(23(30)21-19(26)9-8-10-20(21)27)25(18(4)31-24)11-6-5-7-12-25/h8-10,13-14H,4-7,11-12H2,1-3H3. The summed E-state index contributed by atoms with van der Waals surface area (Å²) in [4.78, 5) is 20.9. The van der Waals surface area contributed by atoms with Gasteiger partial charge in [-0.1, -0.05) is 61.4 Å². The van der Waals surface area contributed by atoms with Crippen LogP contribution < -0.4 is 0 Å². The monoisotopic (exact) mass is 440 g/mol. The van der Waals surface area contributed by atoms with Gasteiger partial charge in [0.15, 0.2) is 5.17 Å². The van der Waals surface area contributed by atoms with E-state index < -0.39 is 28.6 Å². The molecule has 1 saturated carbocycles. The molecular weight excluding hydrogens is 414 g/mol. The van der Waals surface area contributed by atoms with Crippen LogP contribution >= 0.6 is 11.8 Å². The Balaban J connectivity index is 1.89. The van der Waals surface area contributed by atoms with Crippen molar-refractivity contribution in [3.05, 3.63) is 75.7 Å². The number of hydrogen-bond acceptors (Lipinski definition) is 3. The number of halogens is 2. The Morgan fingerprint density at radius 3 is 2.23 bits per heavy atom. The van der Waals surface area contributed by atoms with Gasteiger partial charge in [-0.15, -0.1) is 0 Å². The predicted molar refractivity (Wildman–Crippen MR) is 123 cm³/mol. The second-order valence-electron chi connectivity index (χ2n) is 8.50. The molecule has 0 atom stereocenters. The zero-order valence-electron chi connectivity index (χ0n) is 18.1. The Kier molecular flexibility index (Phi) is 5.77. The molecule has 3 nitrogen and oxygen atoms in total. The number of hydrogen-bond donors (Lipinski definition) is 0. The van der Waals surface area contributed by atoms with Gasteiger partial charge in [0.05, 0.1) is 11.2 Å². The molecule has 31 heavy (non-hydrogen) atoms. The first-order valence-corrected chi connectivity index (χ1v) is 11.4. The zero-order valence-corrected chi connectivity index (χ0v) is 18.9. The minimum absolute atomic E-state index is 0.439. The van der Waals surface area contributed by atoms with Crippen LogP contribution in [0.2, 0.25) is 0 Å². The maximum atomic E-state index is 14.6. The first-order valence-electron chi connectivity index (χ1n) is 10.6. The number of nitrogens with zero attached hydrogens (tertiary/aromatic N) is 2. The highest BCUT2D eigenvalue weighted by Crippen LogP contribution is 2.51. The van der Waals surface area contributed by atoms with Crippen molar-refractivity contribution in [2.24, 2.45) is 4.99 Å². The summed E-state index contributed by atoms with van der Waals surface area (Å²) in [6.07, 6.45) is 4.35. The van der Waals surface area contributed by atoms with Gasteiger partial charge < -0.3 is 0 Å². The number of aryl methyl sites for hydroxylation is 3. The normalized spacial score (nSPS) is 19.5. The number of carbonyl (C=O) groups is 1. The molecule has 1 spiro atoms. The van der Waals surface area contributed by atoms with Crippen molar-refractivity contribution >= 4 is 28.5 Å². The molecular formula is C25H26F2N2OS. The smallest absolute Gasteiger partial charge is 0.266 e.